The van der Waals surface area contributed by atoms with E-state index in [1.807, 2.05) is 0 Å². The molecule has 144 valence electrons. The number of nitrogens with zero attached hydrogens (tertiary/aromatic N) is 6. The fourth-order valence-corrected chi connectivity index (χ4v) is 3.21. The van der Waals surface area contributed by atoms with Gasteiger partial charge in [-0.25, -0.2) is 4.98 Å². The summed E-state index contributed by atoms with van der Waals surface area (Å²) in [5.74, 6) is -1.55. The molecule has 0 aliphatic heterocycles. The summed E-state index contributed by atoms with van der Waals surface area (Å²) in [4.78, 5) is 8.20. The third-order valence-electron chi connectivity index (χ3n) is 4.71. The zero-order valence-electron chi connectivity index (χ0n) is 15.4. The molecule has 0 amide bonds. The molecule has 0 unspecified atom stereocenters. The van der Waals surface area contributed by atoms with E-state index in [1.54, 1.807) is 54.9 Å². The Labute approximate surface area is 169 Å². The van der Waals surface area contributed by atoms with Gasteiger partial charge in [0.25, 0.3) is 0 Å². The quantitative estimate of drug-likeness (QED) is 0.432. The molecule has 0 fully saturated rings. The number of alkyl halides is 2. The fourth-order valence-electron chi connectivity index (χ4n) is 3.21. The smallest absolute Gasteiger partial charge is 0.256 e. The first-order valence-corrected chi connectivity index (χ1v) is 8.95. The number of halogens is 2. The molecule has 0 saturated heterocycles. The van der Waals surface area contributed by atoms with Crippen LogP contribution in [0.2, 0.25) is 0 Å². The maximum absolute atomic E-state index is 15.4. The van der Waals surface area contributed by atoms with Crippen molar-refractivity contribution in [3.63, 3.8) is 0 Å². The first-order valence-electron chi connectivity index (χ1n) is 8.95. The normalized spacial score (nSPS) is 11.6. The number of aromatic nitrogens is 6. The van der Waals surface area contributed by atoms with E-state index in [1.165, 1.54) is 12.1 Å². The molecule has 5 rings (SSSR count). The third kappa shape index (κ3) is 2.84. The average molecular weight is 398 g/mol. The Hall–Kier alpha value is -4.25. The van der Waals surface area contributed by atoms with Crippen LogP contribution in [0.3, 0.4) is 0 Å². The van der Waals surface area contributed by atoms with E-state index in [0.29, 0.717) is 27.9 Å². The second-order valence-electron chi connectivity index (χ2n) is 6.57. The van der Waals surface area contributed by atoms with Crippen LogP contribution in [0.5, 0.6) is 0 Å². The highest BCUT2D eigenvalue weighted by Gasteiger charge is 2.40. The Morgan fingerprint density at radius 3 is 2.70 bits per heavy atom. The Morgan fingerprint density at radius 2 is 1.83 bits per heavy atom. The Kier molecular flexibility index (Phi) is 3.96. The molecule has 0 atom stereocenters. The summed E-state index contributed by atoms with van der Waals surface area (Å²) in [6.45, 7) is 0. The van der Waals surface area contributed by atoms with Crippen molar-refractivity contribution in [3.05, 3.63) is 84.1 Å². The van der Waals surface area contributed by atoms with Crippen LogP contribution in [0.15, 0.2) is 67.0 Å². The van der Waals surface area contributed by atoms with Gasteiger partial charge in [-0.3, -0.25) is 4.98 Å². The van der Waals surface area contributed by atoms with Crippen molar-refractivity contribution in [1.82, 2.24) is 29.8 Å². The van der Waals surface area contributed by atoms with Crippen LogP contribution in [0.25, 0.3) is 27.8 Å². The molecule has 0 bridgehead atoms. The maximum Gasteiger partial charge on any atom is 0.333 e. The minimum atomic E-state index is -3.42. The van der Waals surface area contributed by atoms with Crippen LogP contribution >= 0.6 is 0 Å². The van der Waals surface area contributed by atoms with Gasteiger partial charge < -0.3 is 0 Å². The summed E-state index contributed by atoms with van der Waals surface area (Å²) >= 11 is 0. The number of rotatable bonds is 3. The second kappa shape index (κ2) is 6.67. The lowest BCUT2D eigenvalue weighted by atomic mass is 10.0. The second-order valence-corrected chi connectivity index (χ2v) is 6.57. The first kappa shape index (κ1) is 17.8. The van der Waals surface area contributed by atoms with Crippen LogP contribution < -0.4 is 0 Å². The Bertz CT molecular complexity index is 1450. The summed E-state index contributed by atoms with van der Waals surface area (Å²) < 4.78 is 31.9. The van der Waals surface area contributed by atoms with E-state index in [2.05, 4.69) is 31.2 Å². The highest BCUT2D eigenvalue weighted by atomic mass is 19.3. The van der Waals surface area contributed by atoms with E-state index >= 15 is 8.78 Å². The fraction of sp³-hybridized carbons (Fsp3) is 0.0455. The van der Waals surface area contributed by atoms with Crippen molar-refractivity contribution in [2.24, 2.45) is 0 Å². The van der Waals surface area contributed by atoms with Crippen LogP contribution in [0, 0.1) is 12.3 Å². The lowest BCUT2D eigenvalue weighted by molar-refractivity contribution is 0.0307. The Balaban J connectivity index is 1.64. The summed E-state index contributed by atoms with van der Waals surface area (Å²) in [5.41, 5.74) is 2.14. The number of benzene rings is 1. The van der Waals surface area contributed by atoms with Gasteiger partial charge in [0.1, 0.15) is 5.69 Å². The predicted octanol–water partition coefficient (Wildman–Crippen LogP) is 3.86. The summed E-state index contributed by atoms with van der Waals surface area (Å²) in [5, 5.41) is 12.5. The average Bonchev–Trinajstić information content (AvgIpc) is 3.23. The van der Waals surface area contributed by atoms with Crippen LogP contribution in [0.4, 0.5) is 8.78 Å². The molecule has 0 spiro atoms. The molecular formula is C22H12F2N6. The van der Waals surface area contributed by atoms with Crippen molar-refractivity contribution in [1.29, 1.82) is 0 Å². The van der Waals surface area contributed by atoms with Gasteiger partial charge >= 0.3 is 5.92 Å². The van der Waals surface area contributed by atoms with Gasteiger partial charge in [0, 0.05) is 28.9 Å². The monoisotopic (exact) mass is 398 g/mol. The molecule has 1 aromatic carbocycles. The van der Waals surface area contributed by atoms with E-state index in [0.717, 1.165) is 4.52 Å². The summed E-state index contributed by atoms with van der Waals surface area (Å²) in [7, 11) is 0. The van der Waals surface area contributed by atoms with Crippen molar-refractivity contribution in [2.45, 2.75) is 5.92 Å². The standard InChI is InChI=1S/C22H12F2N6/c1-2-17-13-15(9-11-25-17)19-7-8-20-27-28-21(30(20)29-19)22(23,24)16-5-6-18-14(12-16)4-3-10-26-18/h1,3-13H. The molecule has 4 heterocycles. The van der Waals surface area contributed by atoms with Gasteiger partial charge in [0.2, 0.25) is 5.82 Å². The highest BCUT2D eigenvalue weighted by Crippen LogP contribution is 2.35. The number of fused-ring (bicyclic) bond motifs is 2. The third-order valence-corrected chi connectivity index (χ3v) is 4.71. The van der Waals surface area contributed by atoms with Gasteiger partial charge in [0.05, 0.1) is 11.2 Å². The van der Waals surface area contributed by atoms with Gasteiger partial charge in [-0.1, -0.05) is 18.1 Å². The molecular weight excluding hydrogens is 386 g/mol. The maximum atomic E-state index is 15.4. The Morgan fingerprint density at radius 1 is 0.933 bits per heavy atom. The SMILES string of the molecule is C#Cc1cc(-c2ccc3nnc(C(F)(F)c4ccc5ncccc5c4)n3n2)ccn1. The molecule has 4 aromatic heterocycles. The predicted molar refractivity (Wildman–Crippen MR) is 107 cm³/mol. The number of hydrogen-bond donors (Lipinski definition) is 0. The molecule has 0 N–H and O–H groups in total. The van der Waals surface area contributed by atoms with E-state index in [4.69, 9.17) is 6.42 Å². The molecule has 30 heavy (non-hydrogen) atoms. The van der Waals surface area contributed by atoms with Gasteiger partial charge in [-0.15, -0.1) is 16.6 Å². The molecule has 0 saturated carbocycles. The summed E-state index contributed by atoms with van der Waals surface area (Å²) in [6, 6.07) is 14.3. The lowest BCUT2D eigenvalue weighted by Crippen LogP contribution is -2.20. The van der Waals surface area contributed by atoms with Crippen LogP contribution in [0.1, 0.15) is 17.1 Å². The van der Waals surface area contributed by atoms with E-state index in [9.17, 15) is 0 Å². The number of pyridine rings is 2. The number of hydrogen-bond acceptors (Lipinski definition) is 5. The minimum Gasteiger partial charge on any atom is -0.256 e. The van der Waals surface area contributed by atoms with Crippen LogP contribution in [-0.2, 0) is 5.92 Å². The largest absolute Gasteiger partial charge is 0.333 e. The minimum absolute atomic E-state index is 0.210. The molecule has 5 aromatic rings. The molecule has 0 radical (unpaired) electrons. The van der Waals surface area contributed by atoms with E-state index in [-0.39, 0.29) is 11.2 Å². The molecule has 0 aliphatic rings. The lowest BCUT2D eigenvalue weighted by Gasteiger charge is -2.15. The van der Waals surface area contributed by atoms with Crippen molar-refractivity contribution in [3.8, 4) is 23.6 Å². The van der Waals surface area contributed by atoms with Crippen molar-refractivity contribution >= 4 is 16.6 Å². The first-order chi connectivity index (χ1) is 14.6. The zero-order chi connectivity index (χ0) is 20.7. The van der Waals surface area contributed by atoms with Crippen molar-refractivity contribution in [2.75, 3.05) is 0 Å². The zero-order valence-corrected chi connectivity index (χ0v) is 15.4. The topological polar surface area (TPSA) is 68.9 Å². The number of terminal acetylenes is 1. The van der Waals surface area contributed by atoms with Gasteiger partial charge in [-0.05, 0) is 42.5 Å². The molecule has 0 aliphatic carbocycles. The van der Waals surface area contributed by atoms with Gasteiger partial charge in [0.15, 0.2) is 5.65 Å². The van der Waals surface area contributed by atoms with Gasteiger partial charge in [-0.2, -0.15) is 18.4 Å². The molecule has 8 heteroatoms. The van der Waals surface area contributed by atoms with Crippen LogP contribution in [-0.4, -0.2) is 29.8 Å². The van der Waals surface area contributed by atoms with Crippen molar-refractivity contribution < 1.29 is 8.78 Å². The molecule has 6 nitrogen and oxygen atoms in total. The highest BCUT2D eigenvalue weighted by molar-refractivity contribution is 5.79. The van der Waals surface area contributed by atoms with E-state index < -0.39 is 11.7 Å². The summed E-state index contributed by atoms with van der Waals surface area (Å²) in [6.07, 6.45) is 8.55.